The Kier molecular flexibility index (Phi) is 6.82. The highest BCUT2D eigenvalue weighted by molar-refractivity contribution is 6.30. The lowest BCUT2D eigenvalue weighted by Crippen LogP contribution is -2.41. The Labute approximate surface area is 125 Å². The van der Waals surface area contributed by atoms with Gasteiger partial charge in [-0.15, -0.1) is 0 Å². The molecular formula is C15H23ClN2O2. The van der Waals surface area contributed by atoms with Crippen LogP contribution in [-0.2, 0) is 6.42 Å². The van der Waals surface area contributed by atoms with Crippen LogP contribution in [-0.4, -0.2) is 30.8 Å². The third-order valence-corrected chi connectivity index (χ3v) is 3.38. The van der Waals surface area contributed by atoms with Gasteiger partial charge in [-0.1, -0.05) is 37.6 Å². The largest absolute Gasteiger partial charge is 0.396 e. The molecule has 5 heteroatoms. The highest BCUT2D eigenvalue weighted by Crippen LogP contribution is 2.17. The molecule has 1 aromatic carbocycles. The van der Waals surface area contributed by atoms with Gasteiger partial charge < -0.3 is 15.7 Å². The lowest BCUT2D eigenvalue weighted by Gasteiger charge is -2.23. The van der Waals surface area contributed by atoms with Crippen LogP contribution < -0.4 is 10.6 Å². The van der Waals surface area contributed by atoms with Crippen LogP contribution in [0.25, 0.3) is 0 Å². The van der Waals surface area contributed by atoms with Crippen LogP contribution in [0, 0.1) is 5.41 Å². The monoisotopic (exact) mass is 298 g/mol. The van der Waals surface area contributed by atoms with Crippen molar-refractivity contribution in [2.24, 2.45) is 5.41 Å². The SMILES string of the molecule is CC(C)(CCO)CNC(=O)NCCc1ccc(Cl)cc1. The standard InChI is InChI=1S/C15H23ClN2O2/c1-15(2,8-10-19)11-18-14(20)17-9-7-12-3-5-13(16)6-4-12/h3-6,19H,7-11H2,1-2H3,(H2,17,18,20). The fourth-order valence-electron chi connectivity index (χ4n) is 1.74. The van der Waals surface area contributed by atoms with Gasteiger partial charge in [-0.25, -0.2) is 4.79 Å². The zero-order valence-electron chi connectivity index (χ0n) is 12.1. The van der Waals surface area contributed by atoms with Crippen molar-refractivity contribution in [2.45, 2.75) is 26.7 Å². The Morgan fingerprint density at radius 1 is 1.25 bits per heavy atom. The Morgan fingerprint density at radius 3 is 2.50 bits per heavy atom. The molecule has 0 aromatic heterocycles. The number of aliphatic hydroxyl groups excluding tert-OH is 1. The van der Waals surface area contributed by atoms with E-state index < -0.39 is 0 Å². The summed E-state index contributed by atoms with van der Waals surface area (Å²) in [5.74, 6) is 0. The number of aliphatic hydroxyl groups is 1. The maximum atomic E-state index is 11.6. The van der Waals surface area contributed by atoms with E-state index in [4.69, 9.17) is 16.7 Å². The van der Waals surface area contributed by atoms with Crippen LogP contribution in [0.3, 0.4) is 0 Å². The second-order valence-corrected chi connectivity index (χ2v) is 6.06. The number of carbonyl (C=O) groups is 1. The topological polar surface area (TPSA) is 61.4 Å². The number of carbonyl (C=O) groups excluding carboxylic acids is 1. The summed E-state index contributed by atoms with van der Waals surface area (Å²) in [5, 5.41) is 15.3. The van der Waals surface area contributed by atoms with Crippen molar-refractivity contribution in [1.82, 2.24) is 10.6 Å². The van der Waals surface area contributed by atoms with Gasteiger partial charge in [0.2, 0.25) is 0 Å². The predicted molar refractivity (Wildman–Crippen MR) is 82.0 cm³/mol. The van der Waals surface area contributed by atoms with E-state index >= 15 is 0 Å². The normalized spacial score (nSPS) is 11.2. The van der Waals surface area contributed by atoms with Crippen molar-refractivity contribution in [1.29, 1.82) is 0 Å². The van der Waals surface area contributed by atoms with E-state index in [0.29, 0.717) is 24.5 Å². The Bertz CT molecular complexity index is 418. The average molecular weight is 299 g/mol. The van der Waals surface area contributed by atoms with Gasteiger partial charge in [-0.2, -0.15) is 0 Å². The molecule has 0 aliphatic rings. The summed E-state index contributed by atoms with van der Waals surface area (Å²) in [5.41, 5.74) is 1.04. The maximum absolute atomic E-state index is 11.6. The van der Waals surface area contributed by atoms with Gasteiger partial charge in [0.25, 0.3) is 0 Å². The minimum Gasteiger partial charge on any atom is -0.396 e. The fraction of sp³-hybridized carbons (Fsp3) is 0.533. The number of urea groups is 1. The second kappa shape index (κ2) is 8.12. The van der Waals surface area contributed by atoms with Gasteiger partial charge in [-0.3, -0.25) is 0 Å². The van der Waals surface area contributed by atoms with E-state index in [-0.39, 0.29) is 18.1 Å². The predicted octanol–water partition coefficient (Wildman–Crippen LogP) is 2.59. The third kappa shape index (κ3) is 6.78. The second-order valence-electron chi connectivity index (χ2n) is 5.62. The molecule has 0 fully saturated rings. The highest BCUT2D eigenvalue weighted by Gasteiger charge is 2.17. The molecule has 0 bridgehead atoms. The van der Waals surface area contributed by atoms with Gasteiger partial charge in [0, 0.05) is 24.7 Å². The fourth-order valence-corrected chi connectivity index (χ4v) is 1.87. The van der Waals surface area contributed by atoms with Gasteiger partial charge in [0.15, 0.2) is 0 Å². The summed E-state index contributed by atoms with van der Waals surface area (Å²) < 4.78 is 0. The third-order valence-electron chi connectivity index (χ3n) is 3.13. The number of halogens is 1. The first-order valence-corrected chi connectivity index (χ1v) is 7.18. The molecule has 20 heavy (non-hydrogen) atoms. The summed E-state index contributed by atoms with van der Waals surface area (Å²) in [6.45, 7) is 5.27. The van der Waals surface area contributed by atoms with Crippen molar-refractivity contribution in [3.63, 3.8) is 0 Å². The van der Waals surface area contributed by atoms with Crippen LogP contribution >= 0.6 is 11.6 Å². The number of hydrogen-bond acceptors (Lipinski definition) is 2. The number of nitrogens with one attached hydrogen (secondary N) is 2. The molecule has 0 atom stereocenters. The van der Waals surface area contributed by atoms with E-state index in [1.54, 1.807) is 0 Å². The van der Waals surface area contributed by atoms with Crippen molar-refractivity contribution < 1.29 is 9.90 Å². The Morgan fingerprint density at radius 2 is 1.90 bits per heavy atom. The summed E-state index contributed by atoms with van der Waals surface area (Å²) in [6, 6.07) is 7.41. The smallest absolute Gasteiger partial charge is 0.314 e. The van der Waals surface area contributed by atoms with E-state index in [0.717, 1.165) is 12.0 Å². The summed E-state index contributed by atoms with van der Waals surface area (Å²) in [7, 11) is 0. The molecule has 3 N–H and O–H groups in total. The first-order chi connectivity index (χ1) is 9.43. The molecule has 2 amide bonds. The number of amides is 2. The molecule has 0 radical (unpaired) electrons. The van der Waals surface area contributed by atoms with Gasteiger partial charge in [0.05, 0.1) is 0 Å². The molecule has 4 nitrogen and oxygen atoms in total. The van der Waals surface area contributed by atoms with E-state index in [1.807, 2.05) is 38.1 Å². The zero-order chi connectivity index (χ0) is 15.0. The molecule has 0 aliphatic carbocycles. The molecule has 0 saturated carbocycles. The average Bonchev–Trinajstić information content (AvgIpc) is 2.39. The number of benzene rings is 1. The van der Waals surface area contributed by atoms with Crippen molar-refractivity contribution in [3.8, 4) is 0 Å². The van der Waals surface area contributed by atoms with E-state index in [1.165, 1.54) is 0 Å². The molecule has 0 saturated heterocycles. The molecule has 0 heterocycles. The van der Waals surface area contributed by atoms with Crippen LogP contribution in [0.15, 0.2) is 24.3 Å². The first kappa shape index (κ1) is 16.8. The van der Waals surface area contributed by atoms with Crippen LogP contribution in [0.5, 0.6) is 0 Å². The van der Waals surface area contributed by atoms with E-state index in [2.05, 4.69) is 10.6 Å². The molecule has 0 unspecified atom stereocenters. The molecule has 1 rings (SSSR count). The minimum absolute atomic E-state index is 0.0950. The van der Waals surface area contributed by atoms with Crippen molar-refractivity contribution in [3.05, 3.63) is 34.9 Å². The van der Waals surface area contributed by atoms with Crippen LogP contribution in [0.4, 0.5) is 4.79 Å². The maximum Gasteiger partial charge on any atom is 0.314 e. The van der Waals surface area contributed by atoms with Crippen LogP contribution in [0.1, 0.15) is 25.8 Å². The lowest BCUT2D eigenvalue weighted by molar-refractivity contribution is 0.201. The van der Waals surface area contributed by atoms with Gasteiger partial charge >= 0.3 is 6.03 Å². The number of hydrogen-bond donors (Lipinski definition) is 3. The Balaban J connectivity index is 2.22. The molecule has 0 aliphatic heterocycles. The van der Waals surface area contributed by atoms with Gasteiger partial charge in [-0.05, 0) is 36.0 Å². The molecule has 1 aromatic rings. The Hall–Kier alpha value is -1.26. The number of rotatable bonds is 7. The first-order valence-electron chi connectivity index (χ1n) is 6.80. The molecular weight excluding hydrogens is 276 g/mol. The van der Waals surface area contributed by atoms with Crippen molar-refractivity contribution in [2.75, 3.05) is 19.7 Å². The molecule has 112 valence electrons. The summed E-state index contributed by atoms with van der Waals surface area (Å²) in [6.07, 6.45) is 1.43. The van der Waals surface area contributed by atoms with E-state index in [9.17, 15) is 4.79 Å². The molecule has 0 spiro atoms. The lowest BCUT2D eigenvalue weighted by atomic mass is 9.90. The quantitative estimate of drug-likeness (QED) is 0.724. The summed E-state index contributed by atoms with van der Waals surface area (Å²) in [4.78, 5) is 11.6. The van der Waals surface area contributed by atoms with Crippen LogP contribution in [0.2, 0.25) is 5.02 Å². The van der Waals surface area contributed by atoms with Gasteiger partial charge in [0.1, 0.15) is 0 Å². The zero-order valence-corrected chi connectivity index (χ0v) is 12.8. The highest BCUT2D eigenvalue weighted by atomic mass is 35.5. The summed E-state index contributed by atoms with van der Waals surface area (Å²) >= 11 is 5.81. The minimum atomic E-state index is -0.176. The van der Waals surface area contributed by atoms with Crippen molar-refractivity contribution >= 4 is 17.6 Å².